The van der Waals surface area contributed by atoms with Gasteiger partial charge in [-0.05, 0) is 72.4 Å². The number of carbonyl (C=O) groups is 2. The Kier molecular flexibility index (Phi) is 6.36. The summed E-state index contributed by atoms with van der Waals surface area (Å²) in [6, 6.07) is 15.1. The number of carbonyl (C=O) groups excluding carboxylic acids is 2. The van der Waals surface area contributed by atoms with E-state index < -0.39 is 6.03 Å². The first-order valence-electron chi connectivity index (χ1n) is 11.0. The zero-order valence-corrected chi connectivity index (χ0v) is 21.4. The lowest BCUT2D eigenvalue weighted by atomic mass is 9.87. The van der Waals surface area contributed by atoms with Crippen molar-refractivity contribution in [2.24, 2.45) is 0 Å². The summed E-state index contributed by atoms with van der Waals surface area (Å²) in [4.78, 5) is 26.7. The van der Waals surface area contributed by atoms with Crippen LogP contribution in [0.15, 0.2) is 54.2 Å². The second-order valence-electron chi connectivity index (χ2n) is 9.59. The Labute approximate surface area is 210 Å². The van der Waals surface area contributed by atoms with Gasteiger partial charge in [-0.2, -0.15) is 0 Å². The molecule has 7 heteroatoms. The number of imide groups is 1. The maximum atomic E-state index is 13.0. The zero-order chi connectivity index (χ0) is 24.8. The van der Waals surface area contributed by atoms with Crippen LogP contribution in [0.1, 0.15) is 48.8 Å². The summed E-state index contributed by atoms with van der Waals surface area (Å²) in [5.41, 5.74) is 6.26. The van der Waals surface area contributed by atoms with Gasteiger partial charge in [0.05, 0.1) is 16.6 Å². The van der Waals surface area contributed by atoms with Crippen molar-refractivity contribution in [3.8, 4) is 5.69 Å². The molecule has 1 aromatic heterocycles. The molecule has 2 aromatic carbocycles. The van der Waals surface area contributed by atoms with E-state index in [0.29, 0.717) is 10.0 Å². The van der Waals surface area contributed by atoms with Crippen molar-refractivity contribution in [2.75, 3.05) is 0 Å². The van der Waals surface area contributed by atoms with Crippen LogP contribution in [0.5, 0.6) is 0 Å². The number of nitrogens with zero attached hydrogens (tertiary/aromatic N) is 2. The van der Waals surface area contributed by atoms with Crippen LogP contribution in [-0.4, -0.2) is 21.4 Å². The van der Waals surface area contributed by atoms with E-state index in [1.165, 1.54) is 5.56 Å². The largest absolute Gasteiger partial charge is 0.329 e. The van der Waals surface area contributed by atoms with E-state index in [2.05, 4.69) is 54.9 Å². The summed E-state index contributed by atoms with van der Waals surface area (Å²) in [7, 11) is 0. The van der Waals surface area contributed by atoms with Gasteiger partial charge in [-0.3, -0.25) is 9.69 Å². The molecule has 34 heavy (non-hydrogen) atoms. The van der Waals surface area contributed by atoms with Gasteiger partial charge in [0.15, 0.2) is 0 Å². The number of benzene rings is 2. The Hall–Kier alpha value is -3.02. The van der Waals surface area contributed by atoms with Gasteiger partial charge < -0.3 is 9.88 Å². The summed E-state index contributed by atoms with van der Waals surface area (Å²) in [5.74, 6) is -0.379. The highest BCUT2D eigenvalue weighted by molar-refractivity contribution is 6.42. The van der Waals surface area contributed by atoms with Crippen LogP contribution in [0, 0.1) is 13.8 Å². The first-order chi connectivity index (χ1) is 16.0. The minimum absolute atomic E-state index is 0.0825. The highest BCUT2D eigenvalue weighted by Gasteiger charge is 2.34. The number of hydrogen-bond donors (Lipinski definition) is 1. The minimum atomic E-state index is -0.464. The molecule has 0 aliphatic carbocycles. The highest BCUT2D eigenvalue weighted by Crippen LogP contribution is 2.28. The van der Waals surface area contributed by atoms with E-state index in [9.17, 15) is 9.59 Å². The maximum absolute atomic E-state index is 13.0. The number of aromatic nitrogens is 1. The average molecular weight is 496 g/mol. The van der Waals surface area contributed by atoms with Gasteiger partial charge in [0.2, 0.25) is 0 Å². The first kappa shape index (κ1) is 24.1. The Morgan fingerprint density at radius 1 is 0.941 bits per heavy atom. The summed E-state index contributed by atoms with van der Waals surface area (Å²) in [6.45, 7) is 10.7. The SMILES string of the molecule is Cc1cc(/C=C2\NC(=O)N(Cc3ccc(Cl)c(Cl)c3)C2=O)c(C)n1-c1ccc(C(C)(C)C)cc1. The number of rotatable bonds is 4. The number of halogens is 2. The standard InChI is InChI=1S/C27H27Cl2N3O2/c1-16-12-19(17(2)32(16)21-9-7-20(8-10-21)27(3,4)5)14-24-25(33)31(26(34)30-24)15-18-6-11-22(28)23(29)13-18/h6-14H,15H2,1-5H3,(H,30,34)/b24-14-. The molecular formula is C27H27Cl2N3O2. The molecule has 0 atom stereocenters. The fraction of sp³-hybridized carbons (Fsp3) is 0.259. The molecule has 3 amide bonds. The van der Waals surface area contributed by atoms with E-state index in [-0.39, 0.29) is 23.6 Å². The van der Waals surface area contributed by atoms with Crippen molar-refractivity contribution in [3.63, 3.8) is 0 Å². The minimum Gasteiger partial charge on any atom is -0.318 e. The van der Waals surface area contributed by atoms with Crippen molar-refractivity contribution >= 4 is 41.2 Å². The van der Waals surface area contributed by atoms with Crippen LogP contribution in [0.4, 0.5) is 4.79 Å². The predicted molar refractivity (Wildman–Crippen MR) is 137 cm³/mol. The van der Waals surface area contributed by atoms with Crippen LogP contribution in [-0.2, 0) is 16.8 Å². The molecule has 1 N–H and O–H groups in total. The van der Waals surface area contributed by atoms with Gasteiger partial charge >= 0.3 is 6.03 Å². The molecule has 2 heterocycles. The van der Waals surface area contributed by atoms with E-state index >= 15 is 0 Å². The molecule has 1 saturated heterocycles. The summed E-state index contributed by atoms with van der Waals surface area (Å²) >= 11 is 12.0. The van der Waals surface area contributed by atoms with Gasteiger partial charge in [0, 0.05) is 17.1 Å². The molecule has 0 spiro atoms. The van der Waals surface area contributed by atoms with Gasteiger partial charge in [-0.25, -0.2) is 4.79 Å². The Bertz CT molecular complexity index is 1310. The number of aryl methyl sites for hydroxylation is 1. The molecule has 3 aromatic rings. The second kappa shape index (κ2) is 8.97. The number of amides is 3. The van der Waals surface area contributed by atoms with Crippen molar-refractivity contribution in [1.29, 1.82) is 0 Å². The van der Waals surface area contributed by atoms with Crippen LogP contribution in [0.25, 0.3) is 11.8 Å². The second-order valence-corrected chi connectivity index (χ2v) is 10.4. The molecule has 0 unspecified atom stereocenters. The fourth-order valence-corrected chi connectivity index (χ4v) is 4.45. The monoisotopic (exact) mass is 495 g/mol. The third kappa shape index (κ3) is 4.63. The van der Waals surface area contributed by atoms with Gasteiger partial charge in [0.1, 0.15) is 5.70 Å². The fourth-order valence-electron chi connectivity index (χ4n) is 4.13. The number of urea groups is 1. The lowest BCUT2D eigenvalue weighted by Crippen LogP contribution is -2.30. The van der Waals surface area contributed by atoms with Gasteiger partial charge in [-0.1, -0.05) is 62.2 Å². The first-order valence-corrected chi connectivity index (χ1v) is 11.8. The number of nitrogens with one attached hydrogen (secondary N) is 1. The molecule has 5 nitrogen and oxygen atoms in total. The molecule has 4 rings (SSSR count). The molecule has 0 bridgehead atoms. The van der Waals surface area contributed by atoms with Crippen LogP contribution < -0.4 is 5.32 Å². The molecular weight excluding hydrogens is 469 g/mol. The van der Waals surface area contributed by atoms with Crippen molar-refractivity contribution in [2.45, 2.75) is 46.6 Å². The van der Waals surface area contributed by atoms with Crippen LogP contribution in [0.2, 0.25) is 10.0 Å². The summed E-state index contributed by atoms with van der Waals surface area (Å²) < 4.78 is 2.15. The summed E-state index contributed by atoms with van der Waals surface area (Å²) in [5, 5.41) is 3.50. The quantitative estimate of drug-likeness (QED) is 0.319. The molecule has 1 fully saturated rings. The average Bonchev–Trinajstić information content (AvgIpc) is 3.19. The predicted octanol–water partition coefficient (Wildman–Crippen LogP) is 6.79. The third-order valence-corrected chi connectivity index (χ3v) is 6.79. The third-order valence-electron chi connectivity index (χ3n) is 6.05. The highest BCUT2D eigenvalue weighted by atomic mass is 35.5. The normalized spacial score (nSPS) is 15.4. The lowest BCUT2D eigenvalue weighted by Gasteiger charge is -2.20. The van der Waals surface area contributed by atoms with Gasteiger partial charge in [0.25, 0.3) is 5.91 Å². The smallest absolute Gasteiger partial charge is 0.318 e. The van der Waals surface area contributed by atoms with Crippen molar-refractivity contribution in [3.05, 3.63) is 92.4 Å². The molecule has 1 aliphatic heterocycles. The van der Waals surface area contributed by atoms with Crippen LogP contribution in [0.3, 0.4) is 0 Å². The molecule has 0 radical (unpaired) electrons. The number of hydrogen-bond acceptors (Lipinski definition) is 2. The van der Waals surface area contributed by atoms with E-state index in [0.717, 1.165) is 33.1 Å². The molecule has 176 valence electrons. The topological polar surface area (TPSA) is 54.3 Å². The Balaban J connectivity index is 1.60. The van der Waals surface area contributed by atoms with E-state index in [1.54, 1.807) is 24.3 Å². The van der Waals surface area contributed by atoms with E-state index in [4.69, 9.17) is 23.2 Å². The molecule has 1 aliphatic rings. The Morgan fingerprint density at radius 2 is 1.62 bits per heavy atom. The maximum Gasteiger partial charge on any atom is 0.329 e. The summed E-state index contributed by atoms with van der Waals surface area (Å²) in [6.07, 6.45) is 1.73. The van der Waals surface area contributed by atoms with Crippen molar-refractivity contribution in [1.82, 2.24) is 14.8 Å². The Morgan fingerprint density at radius 3 is 2.24 bits per heavy atom. The lowest BCUT2D eigenvalue weighted by molar-refractivity contribution is -0.123. The van der Waals surface area contributed by atoms with Crippen molar-refractivity contribution < 1.29 is 9.59 Å². The van der Waals surface area contributed by atoms with E-state index in [1.807, 2.05) is 19.9 Å². The van der Waals surface area contributed by atoms with Crippen LogP contribution >= 0.6 is 23.2 Å². The molecule has 0 saturated carbocycles. The zero-order valence-electron chi connectivity index (χ0n) is 19.9. The van der Waals surface area contributed by atoms with Gasteiger partial charge in [-0.15, -0.1) is 0 Å².